The van der Waals surface area contributed by atoms with Crippen LogP contribution < -0.4 is 0 Å². The Balaban J connectivity index is 2.31. The molecule has 0 saturated carbocycles. The first kappa shape index (κ1) is 25.0. The van der Waals surface area contributed by atoms with Gasteiger partial charge in [-0.3, -0.25) is 4.18 Å². The molecule has 0 aliphatic heterocycles. The molecule has 0 radical (unpaired) electrons. The minimum absolute atomic E-state index is 0.0161. The fraction of sp³-hybridized carbons (Fsp3) is 0.684. The van der Waals surface area contributed by atoms with E-state index < -0.39 is 10.1 Å². The van der Waals surface area contributed by atoms with Gasteiger partial charge in [0.05, 0.1) is 64.4 Å². The van der Waals surface area contributed by atoms with Crippen LogP contribution in [0.5, 0.6) is 0 Å². The molecule has 0 saturated heterocycles. The fourth-order valence-electron chi connectivity index (χ4n) is 2.15. The van der Waals surface area contributed by atoms with Gasteiger partial charge in [-0.15, -0.1) is 0 Å². The molecule has 0 N–H and O–H groups in total. The van der Waals surface area contributed by atoms with Crippen LogP contribution in [-0.2, 0) is 38.0 Å². The van der Waals surface area contributed by atoms with Gasteiger partial charge < -0.3 is 23.7 Å². The lowest BCUT2D eigenvalue weighted by atomic mass is 10.2. The van der Waals surface area contributed by atoms with Crippen molar-refractivity contribution < 1.29 is 36.3 Å². The summed E-state index contributed by atoms with van der Waals surface area (Å²) in [6.07, 6.45) is 0. The third kappa shape index (κ3) is 11.1. The zero-order valence-electron chi connectivity index (χ0n) is 16.9. The molecule has 8 nitrogen and oxygen atoms in total. The third-order valence-corrected chi connectivity index (χ3v) is 5.03. The van der Waals surface area contributed by atoms with Crippen molar-refractivity contribution >= 4 is 10.1 Å². The van der Waals surface area contributed by atoms with E-state index in [1.54, 1.807) is 26.4 Å². The summed E-state index contributed by atoms with van der Waals surface area (Å²) in [6, 6.07) is 6.50. The molecular formula is C19H32O8S. The summed E-state index contributed by atoms with van der Waals surface area (Å²) in [5.74, 6) is 0.0161. The van der Waals surface area contributed by atoms with Crippen molar-refractivity contribution in [3.05, 3.63) is 29.8 Å². The van der Waals surface area contributed by atoms with Crippen LogP contribution >= 0.6 is 0 Å². The molecule has 1 aromatic carbocycles. The Kier molecular flexibility index (Phi) is 13.3. The van der Waals surface area contributed by atoms with Gasteiger partial charge >= 0.3 is 0 Å². The number of methoxy groups -OCH3 is 2. The predicted octanol–water partition coefficient (Wildman–Crippen LogP) is 1.66. The number of aryl methyl sites for hydroxylation is 1. The first-order valence-corrected chi connectivity index (χ1v) is 10.6. The van der Waals surface area contributed by atoms with Crippen LogP contribution in [-0.4, -0.2) is 82.1 Å². The Labute approximate surface area is 168 Å². The Hall–Kier alpha value is -1.07. The number of hydrogen-bond donors (Lipinski definition) is 0. The number of benzene rings is 1. The number of rotatable bonds is 17. The monoisotopic (exact) mass is 420 g/mol. The largest absolute Gasteiger partial charge is 0.382 e. The highest BCUT2D eigenvalue weighted by molar-refractivity contribution is 7.86. The molecule has 0 bridgehead atoms. The molecule has 0 unspecified atom stereocenters. The van der Waals surface area contributed by atoms with Crippen LogP contribution in [0, 0.1) is 12.8 Å². The van der Waals surface area contributed by atoms with E-state index in [0.29, 0.717) is 46.2 Å². The van der Waals surface area contributed by atoms with Crippen LogP contribution in [0.15, 0.2) is 29.2 Å². The molecule has 162 valence electrons. The molecule has 9 heteroatoms. The number of hydrogen-bond acceptors (Lipinski definition) is 8. The van der Waals surface area contributed by atoms with Gasteiger partial charge in [-0.25, -0.2) is 0 Å². The molecule has 0 spiro atoms. The Bertz CT molecular complexity index is 591. The van der Waals surface area contributed by atoms with E-state index in [4.69, 9.17) is 27.9 Å². The zero-order chi connectivity index (χ0) is 20.7. The summed E-state index contributed by atoms with van der Waals surface area (Å²) in [6.45, 7) is 5.28. The lowest BCUT2D eigenvalue weighted by molar-refractivity contribution is -0.0261. The molecule has 0 aromatic heterocycles. The van der Waals surface area contributed by atoms with E-state index >= 15 is 0 Å². The summed E-state index contributed by atoms with van der Waals surface area (Å²) < 4.78 is 55.7. The van der Waals surface area contributed by atoms with Crippen LogP contribution in [0.3, 0.4) is 0 Å². The molecule has 0 atom stereocenters. The van der Waals surface area contributed by atoms with Gasteiger partial charge in [-0.05, 0) is 19.1 Å². The molecular weight excluding hydrogens is 388 g/mol. The van der Waals surface area contributed by atoms with Gasteiger partial charge in [-0.1, -0.05) is 17.7 Å². The van der Waals surface area contributed by atoms with Crippen LogP contribution in [0.4, 0.5) is 0 Å². The van der Waals surface area contributed by atoms with E-state index in [1.807, 2.05) is 6.92 Å². The maximum absolute atomic E-state index is 12.1. The maximum Gasteiger partial charge on any atom is 0.297 e. The van der Waals surface area contributed by atoms with Crippen molar-refractivity contribution in [2.75, 3.05) is 73.7 Å². The quantitative estimate of drug-likeness (QED) is 0.278. The minimum Gasteiger partial charge on any atom is -0.382 e. The van der Waals surface area contributed by atoms with Crippen LogP contribution in [0.25, 0.3) is 0 Å². The highest BCUT2D eigenvalue weighted by atomic mass is 32.2. The van der Waals surface area contributed by atoms with Crippen molar-refractivity contribution in [2.45, 2.75) is 11.8 Å². The van der Waals surface area contributed by atoms with Gasteiger partial charge in [0.15, 0.2) is 0 Å². The molecule has 1 aromatic rings. The zero-order valence-corrected chi connectivity index (χ0v) is 17.7. The predicted molar refractivity (Wildman–Crippen MR) is 104 cm³/mol. The van der Waals surface area contributed by atoms with Crippen molar-refractivity contribution in [3.8, 4) is 0 Å². The lowest BCUT2D eigenvalue weighted by Crippen LogP contribution is -2.24. The summed E-state index contributed by atoms with van der Waals surface area (Å²) in [5.41, 5.74) is 0.980. The molecule has 0 amide bonds. The van der Waals surface area contributed by atoms with Crippen molar-refractivity contribution in [1.82, 2.24) is 0 Å². The minimum atomic E-state index is -3.78. The fourth-order valence-corrected chi connectivity index (χ4v) is 3.05. The highest BCUT2D eigenvalue weighted by Crippen LogP contribution is 2.13. The molecule has 0 heterocycles. The topological polar surface area (TPSA) is 89.5 Å². The molecule has 28 heavy (non-hydrogen) atoms. The standard InChI is InChI=1S/C19H32O8S/c1-17-4-6-19(7-5-17)28(20,21)27-13-12-26-16-18(14-24-10-8-22-2)15-25-11-9-23-3/h4-7,18H,8-16H2,1-3H3. The summed E-state index contributed by atoms with van der Waals surface area (Å²) in [5, 5.41) is 0. The average molecular weight is 421 g/mol. The van der Waals surface area contributed by atoms with E-state index in [2.05, 4.69) is 0 Å². The second-order valence-corrected chi connectivity index (χ2v) is 7.78. The van der Waals surface area contributed by atoms with Gasteiger partial charge in [0.25, 0.3) is 10.1 Å². The van der Waals surface area contributed by atoms with Crippen LogP contribution in [0.2, 0.25) is 0 Å². The first-order chi connectivity index (χ1) is 13.5. The first-order valence-electron chi connectivity index (χ1n) is 9.16. The highest BCUT2D eigenvalue weighted by Gasteiger charge is 2.15. The van der Waals surface area contributed by atoms with Gasteiger partial charge in [-0.2, -0.15) is 8.42 Å². The summed E-state index contributed by atoms with van der Waals surface area (Å²) in [7, 11) is -0.549. The lowest BCUT2D eigenvalue weighted by Gasteiger charge is -2.17. The third-order valence-electron chi connectivity index (χ3n) is 3.70. The summed E-state index contributed by atoms with van der Waals surface area (Å²) >= 11 is 0. The normalized spacial score (nSPS) is 12.0. The van der Waals surface area contributed by atoms with Crippen molar-refractivity contribution in [2.24, 2.45) is 5.92 Å². The Morgan fingerprint density at radius 2 is 1.21 bits per heavy atom. The van der Waals surface area contributed by atoms with E-state index in [9.17, 15) is 8.42 Å². The van der Waals surface area contributed by atoms with Crippen molar-refractivity contribution in [3.63, 3.8) is 0 Å². The molecule has 0 aliphatic rings. The second-order valence-electron chi connectivity index (χ2n) is 6.17. The summed E-state index contributed by atoms with van der Waals surface area (Å²) in [4.78, 5) is 0.133. The van der Waals surface area contributed by atoms with Gasteiger partial charge in [0, 0.05) is 20.1 Å². The Morgan fingerprint density at radius 1 is 0.750 bits per heavy atom. The van der Waals surface area contributed by atoms with Gasteiger partial charge in [0.1, 0.15) is 0 Å². The SMILES string of the molecule is COCCOCC(COCCOC)COCCOS(=O)(=O)c1ccc(C)cc1. The van der Waals surface area contributed by atoms with Crippen molar-refractivity contribution in [1.29, 1.82) is 0 Å². The Morgan fingerprint density at radius 3 is 1.68 bits per heavy atom. The maximum atomic E-state index is 12.1. The molecule has 0 aliphatic carbocycles. The van der Waals surface area contributed by atoms with E-state index in [1.165, 1.54) is 12.1 Å². The average Bonchev–Trinajstić information content (AvgIpc) is 2.68. The smallest absolute Gasteiger partial charge is 0.297 e. The molecule has 1 rings (SSSR count). The number of ether oxygens (including phenoxy) is 5. The van der Waals surface area contributed by atoms with E-state index in [-0.39, 0.29) is 24.0 Å². The second kappa shape index (κ2) is 14.9. The van der Waals surface area contributed by atoms with Gasteiger partial charge in [0.2, 0.25) is 0 Å². The van der Waals surface area contributed by atoms with Crippen LogP contribution in [0.1, 0.15) is 5.56 Å². The van der Waals surface area contributed by atoms with E-state index in [0.717, 1.165) is 5.56 Å². The molecule has 0 fully saturated rings.